The molecule has 5 atom stereocenters. The summed E-state index contributed by atoms with van der Waals surface area (Å²) in [6, 6.07) is 1.22. The van der Waals surface area contributed by atoms with Gasteiger partial charge in [-0.15, -0.1) is 0 Å². The van der Waals surface area contributed by atoms with E-state index in [4.69, 9.17) is 4.99 Å². The monoisotopic (exact) mass is 278 g/mol. The lowest BCUT2D eigenvalue weighted by atomic mass is 9.71. The quantitative estimate of drug-likeness (QED) is 0.586. The summed E-state index contributed by atoms with van der Waals surface area (Å²) in [4.78, 5) is 9.84. The van der Waals surface area contributed by atoms with E-state index in [2.05, 4.69) is 43.2 Å². The van der Waals surface area contributed by atoms with Crippen LogP contribution in [0.15, 0.2) is 4.99 Å². The first-order valence-corrected chi connectivity index (χ1v) is 8.26. The van der Waals surface area contributed by atoms with E-state index in [0.29, 0.717) is 24.2 Å². The molecule has 5 unspecified atom stereocenters. The number of nitrogens with one attached hydrogen (secondary N) is 1. The van der Waals surface area contributed by atoms with Gasteiger partial charge in [0.1, 0.15) is 0 Å². The summed E-state index contributed by atoms with van der Waals surface area (Å²) < 4.78 is 0. The highest BCUT2D eigenvalue weighted by atomic mass is 15.3. The molecule has 1 saturated carbocycles. The van der Waals surface area contributed by atoms with E-state index in [1.54, 1.807) is 0 Å². The second-order valence-electron chi connectivity index (χ2n) is 7.16. The van der Waals surface area contributed by atoms with Gasteiger partial charge in [-0.3, -0.25) is 15.2 Å². The van der Waals surface area contributed by atoms with Gasteiger partial charge in [-0.2, -0.15) is 0 Å². The Balaban J connectivity index is 1.87. The third kappa shape index (κ3) is 2.48. The molecule has 1 aliphatic carbocycles. The molecule has 0 aromatic carbocycles. The largest absolute Gasteiger partial charge is 0.367 e. The molecule has 114 valence electrons. The van der Waals surface area contributed by atoms with Crippen molar-refractivity contribution in [2.75, 3.05) is 27.7 Å². The van der Waals surface area contributed by atoms with Crippen LogP contribution in [0.2, 0.25) is 0 Å². The minimum atomic E-state index is 0.527. The minimum Gasteiger partial charge on any atom is -0.367 e. The van der Waals surface area contributed by atoms with Crippen LogP contribution in [-0.2, 0) is 0 Å². The lowest BCUT2D eigenvalue weighted by molar-refractivity contribution is 0.0677. The van der Waals surface area contributed by atoms with E-state index in [-0.39, 0.29) is 0 Å². The van der Waals surface area contributed by atoms with E-state index < -0.39 is 0 Å². The average Bonchev–Trinajstić information content (AvgIpc) is 2.80. The van der Waals surface area contributed by atoms with E-state index in [1.165, 1.54) is 44.5 Å². The summed E-state index contributed by atoms with van der Waals surface area (Å²) in [5, 5.41) is 3.94. The molecule has 3 fully saturated rings. The van der Waals surface area contributed by atoms with E-state index in [1.807, 2.05) is 0 Å². The summed E-state index contributed by atoms with van der Waals surface area (Å²) in [5.41, 5.74) is 0. The molecular weight excluding hydrogens is 248 g/mol. The first kappa shape index (κ1) is 14.3. The van der Waals surface area contributed by atoms with Crippen molar-refractivity contribution in [3.63, 3.8) is 0 Å². The van der Waals surface area contributed by atoms with Gasteiger partial charge < -0.3 is 4.90 Å². The molecule has 0 amide bonds. The lowest BCUT2D eigenvalue weighted by Crippen LogP contribution is -2.61. The minimum absolute atomic E-state index is 0.527. The van der Waals surface area contributed by atoms with Crippen molar-refractivity contribution >= 4 is 5.84 Å². The van der Waals surface area contributed by atoms with E-state index in [9.17, 15) is 0 Å². The fourth-order valence-corrected chi connectivity index (χ4v) is 4.42. The normalized spacial score (nSPS) is 42.2. The van der Waals surface area contributed by atoms with Crippen LogP contribution in [-0.4, -0.2) is 61.6 Å². The molecule has 0 radical (unpaired) electrons. The highest BCUT2D eigenvalue weighted by Crippen LogP contribution is 2.41. The van der Waals surface area contributed by atoms with Gasteiger partial charge in [0.2, 0.25) is 0 Å². The van der Waals surface area contributed by atoms with Crippen molar-refractivity contribution in [1.82, 2.24) is 15.1 Å². The number of fused-ring (bicyclic) bond motifs is 2. The van der Waals surface area contributed by atoms with Crippen LogP contribution in [0.3, 0.4) is 0 Å². The van der Waals surface area contributed by atoms with Gasteiger partial charge in [-0.1, -0.05) is 12.8 Å². The van der Waals surface area contributed by atoms with Crippen molar-refractivity contribution in [3.8, 4) is 0 Å². The lowest BCUT2D eigenvalue weighted by Gasteiger charge is -2.48. The topological polar surface area (TPSA) is 30.9 Å². The smallest absolute Gasteiger partial charge is 0.0956 e. The third-order valence-corrected chi connectivity index (χ3v) is 5.76. The van der Waals surface area contributed by atoms with Crippen molar-refractivity contribution in [2.24, 2.45) is 16.8 Å². The Morgan fingerprint density at radius 2 is 1.90 bits per heavy atom. The number of hydrogen-bond donors (Lipinski definition) is 1. The molecule has 2 saturated heterocycles. The van der Waals surface area contributed by atoms with Crippen LogP contribution in [0.1, 0.15) is 39.0 Å². The van der Waals surface area contributed by atoms with Gasteiger partial charge in [0.05, 0.1) is 18.0 Å². The fourth-order valence-electron chi connectivity index (χ4n) is 4.42. The molecular formula is C16H30N4. The first-order chi connectivity index (χ1) is 9.58. The zero-order valence-corrected chi connectivity index (χ0v) is 13.5. The second kappa shape index (κ2) is 5.64. The van der Waals surface area contributed by atoms with Crippen molar-refractivity contribution < 1.29 is 0 Å². The van der Waals surface area contributed by atoms with Gasteiger partial charge in [-0.25, -0.2) is 0 Å². The molecule has 4 heteroatoms. The molecule has 3 aliphatic rings. The zero-order chi connectivity index (χ0) is 14.3. The molecule has 20 heavy (non-hydrogen) atoms. The van der Waals surface area contributed by atoms with Crippen LogP contribution in [0.25, 0.3) is 0 Å². The van der Waals surface area contributed by atoms with Gasteiger partial charge in [0.25, 0.3) is 0 Å². The van der Waals surface area contributed by atoms with Crippen molar-refractivity contribution in [2.45, 2.75) is 57.3 Å². The summed E-state index contributed by atoms with van der Waals surface area (Å²) in [7, 11) is 6.48. The SMILES string of the molecule is CC(=NC1C2CCCCC2NC2C1CCN2C)N(C)C. The Labute approximate surface area is 123 Å². The predicted molar refractivity (Wildman–Crippen MR) is 84.0 cm³/mol. The molecule has 4 nitrogen and oxygen atoms in total. The van der Waals surface area contributed by atoms with Gasteiger partial charge in [0, 0.05) is 26.1 Å². The van der Waals surface area contributed by atoms with Crippen LogP contribution < -0.4 is 5.32 Å². The van der Waals surface area contributed by atoms with Crippen molar-refractivity contribution in [3.05, 3.63) is 0 Å². The van der Waals surface area contributed by atoms with Crippen LogP contribution >= 0.6 is 0 Å². The van der Waals surface area contributed by atoms with Crippen LogP contribution in [0, 0.1) is 11.8 Å². The van der Waals surface area contributed by atoms with Crippen LogP contribution in [0.5, 0.6) is 0 Å². The molecule has 0 bridgehead atoms. The molecule has 0 aromatic rings. The van der Waals surface area contributed by atoms with Crippen LogP contribution in [0.4, 0.5) is 0 Å². The Hall–Kier alpha value is -0.610. The molecule has 3 rings (SSSR count). The summed E-state index contributed by atoms with van der Waals surface area (Å²) in [5.74, 6) is 2.65. The molecule has 0 aromatic heterocycles. The second-order valence-corrected chi connectivity index (χ2v) is 7.16. The Bertz CT molecular complexity index is 375. The first-order valence-electron chi connectivity index (χ1n) is 8.26. The number of nitrogens with zero attached hydrogens (tertiary/aromatic N) is 3. The summed E-state index contributed by atoms with van der Waals surface area (Å²) >= 11 is 0. The number of rotatable bonds is 1. The Morgan fingerprint density at radius 1 is 1.15 bits per heavy atom. The molecule has 1 N–H and O–H groups in total. The fraction of sp³-hybridized carbons (Fsp3) is 0.938. The standard InChI is InChI=1S/C16H30N4/c1-11(19(2)3)17-15-12-7-5-6-8-14(12)18-16-13(15)9-10-20(16)4/h12-16,18H,5-10H2,1-4H3. The Morgan fingerprint density at radius 3 is 2.65 bits per heavy atom. The zero-order valence-electron chi connectivity index (χ0n) is 13.5. The van der Waals surface area contributed by atoms with Gasteiger partial charge in [-0.05, 0) is 45.7 Å². The maximum absolute atomic E-state index is 5.17. The maximum atomic E-state index is 5.17. The maximum Gasteiger partial charge on any atom is 0.0956 e. The van der Waals surface area contributed by atoms with E-state index >= 15 is 0 Å². The highest BCUT2D eigenvalue weighted by molar-refractivity contribution is 5.79. The van der Waals surface area contributed by atoms with Crippen molar-refractivity contribution in [1.29, 1.82) is 0 Å². The number of aliphatic imine (C=N–C) groups is 1. The summed E-state index contributed by atoms with van der Waals surface area (Å²) in [6.07, 6.45) is 7.33. The number of piperidine rings is 1. The van der Waals surface area contributed by atoms with Gasteiger partial charge >= 0.3 is 0 Å². The average molecular weight is 278 g/mol. The molecule has 0 spiro atoms. The van der Waals surface area contributed by atoms with Gasteiger partial charge in [0.15, 0.2) is 0 Å². The predicted octanol–water partition coefficient (Wildman–Crippen LogP) is 1.77. The highest BCUT2D eigenvalue weighted by Gasteiger charge is 2.48. The Kier molecular flexibility index (Phi) is 4.04. The number of amidine groups is 1. The number of hydrogen-bond acceptors (Lipinski definition) is 3. The third-order valence-electron chi connectivity index (χ3n) is 5.76. The molecule has 2 heterocycles. The van der Waals surface area contributed by atoms with E-state index in [0.717, 1.165) is 5.92 Å². The summed E-state index contributed by atoms with van der Waals surface area (Å²) in [6.45, 7) is 3.38. The molecule has 2 aliphatic heterocycles. The number of likely N-dealkylation sites (tertiary alicyclic amines) is 1.